The molecule has 8 nitrogen and oxygen atoms in total. The Morgan fingerprint density at radius 1 is 0.338 bits per heavy atom. The van der Waals surface area contributed by atoms with E-state index in [9.17, 15) is 19.2 Å². The van der Waals surface area contributed by atoms with E-state index >= 15 is 0 Å². The van der Waals surface area contributed by atoms with Crippen LogP contribution in [-0.4, -0.2) is 23.9 Å². The predicted molar refractivity (Wildman–Crippen MR) is 296 cm³/mol. The molecule has 7 rings (SSSR count). The van der Waals surface area contributed by atoms with Crippen LogP contribution in [-0.2, 0) is 12.8 Å². The zero-order valence-corrected chi connectivity index (χ0v) is 43.9. The van der Waals surface area contributed by atoms with Gasteiger partial charge in [0.25, 0.3) is 0 Å². The second kappa shape index (κ2) is 28.5. The minimum absolute atomic E-state index is 0.0303. The third kappa shape index (κ3) is 16.5. The third-order valence-electron chi connectivity index (χ3n) is 12.9. The normalized spacial score (nSPS) is 11.0. The monoisotopic (exact) mass is 1030 g/mol. The lowest BCUT2D eigenvalue weighted by Gasteiger charge is -2.11. The van der Waals surface area contributed by atoms with Crippen LogP contribution >= 0.6 is 23.2 Å². The van der Waals surface area contributed by atoms with Crippen molar-refractivity contribution in [3.05, 3.63) is 201 Å². The average Bonchev–Trinajstić information content (AvgIpc) is 3.42. The molecule has 0 fully saturated rings. The molecule has 382 valence electrons. The van der Waals surface area contributed by atoms with Crippen molar-refractivity contribution in [2.75, 3.05) is 0 Å². The zero-order chi connectivity index (χ0) is 52.1. The molecule has 0 unspecified atom stereocenters. The van der Waals surface area contributed by atoms with E-state index in [2.05, 4.69) is 62.4 Å². The van der Waals surface area contributed by atoms with Gasteiger partial charge in [-0.3, -0.25) is 0 Å². The van der Waals surface area contributed by atoms with E-state index in [0.29, 0.717) is 11.1 Å². The second-order valence-electron chi connectivity index (χ2n) is 18.6. The van der Waals surface area contributed by atoms with Gasteiger partial charge in [0.2, 0.25) is 0 Å². The maximum Gasteiger partial charge on any atom is 0.343 e. The highest BCUT2D eigenvalue weighted by atomic mass is 35.5. The van der Waals surface area contributed by atoms with Gasteiger partial charge in [-0.1, -0.05) is 193 Å². The number of esters is 4. The van der Waals surface area contributed by atoms with Crippen molar-refractivity contribution in [3.8, 4) is 45.3 Å². The van der Waals surface area contributed by atoms with Crippen LogP contribution in [0.1, 0.15) is 156 Å². The van der Waals surface area contributed by atoms with Crippen LogP contribution in [0.4, 0.5) is 0 Å². The molecule has 10 heteroatoms. The molecule has 0 aliphatic heterocycles. The van der Waals surface area contributed by atoms with Gasteiger partial charge in [0, 0.05) is 6.07 Å². The first-order valence-corrected chi connectivity index (χ1v) is 26.8. The summed E-state index contributed by atoms with van der Waals surface area (Å²) in [4.78, 5) is 52.5. The standard InChI is InChI=1S/C64H64Cl2O8/c1-3-5-7-9-11-13-15-18-45-22-26-47(27-23-45)49-30-34-51(35-31-49)61(67)73-59-40-38-53(42-57(59)65)63(69)71-55-20-17-21-56(44-55)72-64(70)54-39-41-60(58(66)43-54)74-62(68)52-36-32-50(33-37-52)48-28-24-46(25-29-48)19-16-14-12-10-8-6-4-2/h17,20-44H,3-16,18-19H2,1-2H3. The molecule has 0 N–H and O–H groups in total. The van der Waals surface area contributed by atoms with Crippen molar-refractivity contribution in [2.24, 2.45) is 0 Å². The Hall–Kier alpha value is -7.00. The van der Waals surface area contributed by atoms with Gasteiger partial charge >= 0.3 is 23.9 Å². The SMILES string of the molecule is CCCCCCCCCc1ccc(-c2ccc(C(=O)Oc3ccc(C(=O)Oc4cccc(OC(=O)c5ccc(OC(=O)c6ccc(-c7ccc(CCCCCCCCC)cc7)cc6)c(Cl)c5)c4)cc3Cl)cc2)cc1. The van der Waals surface area contributed by atoms with E-state index in [-0.39, 0.29) is 44.2 Å². The van der Waals surface area contributed by atoms with E-state index in [1.54, 1.807) is 30.3 Å². The molecule has 0 saturated carbocycles. The number of rotatable bonds is 26. The summed E-state index contributed by atoms with van der Waals surface area (Å²) in [7, 11) is 0. The van der Waals surface area contributed by atoms with E-state index in [0.717, 1.165) is 35.1 Å². The lowest BCUT2D eigenvalue weighted by atomic mass is 10.00. The molecule has 74 heavy (non-hydrogen) atoms. The number of halogens is 2. The van der Waals surface area contributed by atoms with Crippen molar-refractivity contribution >= 4 is 47.1 Å². The molecule has 0 spiro atoms. The zero-order valence-electron chi connectivity index (χ0n) is 42.3. The molecule has 7 aromatic rings. The van der Waals surface area contributed by atoms with Crippen molar-refractivity contribution < 1.29 is 38.1 Å². The maximum absolute atomic E-state index is 13.2. The fourth-order valence-corrected chi connectivity index (χ4v) is 9.01. The molecular weight excluding hydrogens is 968 g/mol. The summed E-state index contributed by atoms with van der Waals surface area (Å²) >= 11 is 13.0. The lowest BCUT2D eigenvalue weighted by molar-refractivity contribution is 0.0723. The summed E-state index contributed by atoms with van der Waals surface area (Å²) in [5.74, 6) is -2.37. The Morgan fingerprint density at radius 2 is 0.649 bits per heavy atom. The van der Waals surface area contributed by atoms with Gasteiger partial charge < -0.3 is 18.9 Å². The smallest absolute Gasteiger partial charge is 0.343 e. The van der Waals surface area contributed by atoms with Gasteiger partial charge in [-0.15, -0.1) is 0 Å². The Labute approximate surface area is 446 Å². The summed E-state index contributed by atoms with van der Waals surface area (Å²) in [6.07, 6.45) is 20.1. The van der Waals surface area contributed by atoms with Gasteiger partial charge in [-0.2, -0.15) is 0 Å². The fourth-order valence-electron chi connectivity index (χ4n) is 8.57. The van der Waals surface area contributed by atoms with Crippen molar-refractivity contribution in [2.45, 2.75) is 117 Å². The number of aryl methyl sites for hydroxylation is 2. The highest BCUT2D eigenvalue weighted by Gasteiger charge is 2.19. The molecule has 7 aromatic carbocycles. The first kappa shape index (κ1) is 54.8. The molecule has 0 bridgehead atoms. The van der Waals surface area contributed by atoms with E-state index < -0.39 is 23.9 Å². The fraction of sp³-hybridized carbons (Fsp3) is 0.281. The Balaban J connectivity index is 0.853. The second-order valence-corrected chi connectivity index (χ2v) is 19.4. The first-order chi connectivity index (χ1) is 36.1. The minimum atomic E-state index is -0.749. The summed E-state index contributed by atoms with van der Waals surface area (Å²) in [6.45, 7) is 4.48. The van der Waals surface area contributed by atoms with Gasteiger partial charge in [0.1, 0.15) is 23.0 Å². The molecule has 0 aromatic heterocycles. The van der Waals surface area contributed by atoms with Gasteiger partial charge in [0.15, 0.2) is 0 Å². The number of ether oxygens (including phenoxy) is 4. The molecule has 0 heterocycles. The maximum atomic E-state index is 13.2. The summed E-state index contributed by atoms with van der Waals surface area (Å²) in [6, 6.07) is 45.8. The van der Waals surface area contributed by atoms with Crippen LogP contribution in [0.15, 0.2) is 158 Å². The van der Waals surface area contributed by atoms with Crippen LogP contribution in [0.3, 0.4) is 0 Å². The van der Waals surface area contributed by atoms with E-state index in [4.69, 9.17) is 42.1 Å². The van der Waals surface area contributed by atoms with Crippen LogP contribution in [0, 0.1) is 0 Å². The molecule has 0 aliphatic carbocycles. The quantitative estimate of drug-likeness (QED) is 0.0300. The highest BCUT2D eigenvalue weighted by Crippen LogP contribution is 2.31. The summed E-state index contributed by atoms with van der Waals surface area (Å²) < 4.78 is 22.3. The van der Waals surface area contributed by atoms with Crippen LogP contribution < -0.4 is 18.9 Å². The molecule has 0 aliphatic rings. The topological polar surface area (TPSA) is 105 Å². The molecule has 0 amide bonds. The Kier molecular flexibility index (Phi) is 21.1. The predicted octanol–water partition coefficient (Wildman–Crippen LogP) is 17.8. The Bertz CT molecular complexity index is 2750. The molecular formula is C64H64Cl2O8. The summed E-state index contributed by atoms with van der Waals surface area (Å²) in [5.41, 5.74) is 7.60. The van der Waals surface area contributed by atoms with Crippen LogP contribution in [0.25, 0.3) is 22.3 Å². The Morgan fingerprint density at radius 3 is 1.00 bits per heavy atom. The third-order valence-corrected chi connectivity index (χ3v) is 13.5. The number of hydrogen-bond donors (Lipinski definition) is 0. The van der Waals surface area contributed by atoms with Crippen LogP contribution in [0.2, 0.25) is 10.0 Å². The average molecular weight is 1030 g/mol. The van der Waals surface area contributed by atoms with E-state index in [1.807, 2.05) is 24.3 Å². The number of benzene rings is 7. The van der Waals surface area contributed by atoms with Gasteiger partial charge in [-0.05, 0) is 132 Å². The first-order valence-electron chi connectivity index (χ1n) is 26.0. The molecule has 0 atom stereocenters. The lowest BCUT2D eigenvalue weighted by Crippen LogP contribution is -2.12. The molecule has 0 saturated heterocycles. The van der Waals surface area contributed by atoms with E-state index in [1.165, 1.54) is 156 Å². The number of unbranched alkanes of at least 4 members (excludes halogenated alkanes) is 12. The summed E-state index contributed by atoms with van der Waals surface area (Å²) in [5, 5.41) is 0.0606. The largest absolute Gasteiger partial charge is 0.423 e. The number of hydrogen-bond acceptors (Lipinski definition) is 8. The number of carbonyl (C=O) groups is 4. The number of carbonyl (C=O) groups excluding carboxylic acids is 4. The highest BCUT2D eigenvalue weighted by molar-refractivity contribution is 6.33. The molecule has 0 radical (unpaired) electrons. The van der Waals surface area contributed by atoms with Crippen molar-refractivity contribution in [3.63, 3.8) is 0 Å². The van der Waals surface area contributed by atoms with Gasteiger partial charge in [0.05, 0.1) is 32.3 Å². The van der Waals surface area contributed by atoms with Crippen molar-refractivity contribution in [1.82, 2.24) is 0 Å². The van der Waals surface area contributed by atoms with Crippen molar-refractivity contribution in [1.29, 1.82) is 0 Å². The minimum Gasteiger partial charge on any atom is -0.423 e. The van der Waals surface area contributed by atoms with Gasteiger partial charge in [-0.25, -0.2) is 19.2 Å². The van der Waals surface area contributed by atoms with Crippen LogP contribution in [0.5, 0.6) is 23.0 Å².